The Morgan fingerprint density at radius 2 is 2.06 bits per heavy atom. The second-order valence-electron chi connectivity index (χ2n) is 6.80. The smallest absolute Gasteiger partial charge is 0.307 e. The van der Waals surface area contributed by atoms with Crippen LogP contribution in [0.15, 0.2) is 45.8 Å². The Bertz CT molecular complexity index is 1110. The van der Waals surface area contributed by atoms with Crippen LogP contribution in [0.3, 0.4) is 0 Å². The van der Waals surface area contributed by atoms with E-state index in [1.807, 2.05) is 24.3 Å². The molecule has 2 aromatic rings. The molecule has 0 spiro atoms. The quantitative estimate of drug-likeness (QED) is 0.213. The normalized spacial score (nSPS) is 14.7. The number of benzene rings is 2. The summed E-state index contributed by atoms with van der Waals surface area (Å²) in [5.41, 5.74) is 1.58. The van der Waals surface area contributed by atoms with E-state index in [1.54, 1.807) is 32.2 Å². The standard InChI is InChI=1S/C23H21BrClNO5S2/c1-3-30-20(27)8-9-26-22(28)19(33-23(26)32)12-14-10-16(24)21(18(11-14)29-2)31-13-15-6-4-5-7-17(15)25/h4-7,10-12H,3,8-9,13H2,1-2H3/b19-12-. The van der Waals surface area contributed by atoms with Crippen LogP contribution in [-0.2, 0) is 20.9 Å². The molecule has 1 heterocycles. The van der Waals surface area contributed by atoms with E-state index in [0.717, 1.165) is 11.1 Å². The van der Waals surface area contributed by atoms with E-state index >= 15 is 0 Å². The number of ether oxygens (including phenoxy) is 3. The van der Waals surface area contributed by atoms with E-state index < -0.39 is 0 Å². The Kier molecular flexibility index (Phi) is 9.19. The molecule has 10 heteroatoms. The summed E-state index contributed by atoms with van der Waals surface area (Å²) in [6, 6.07) is 11.0. The SMILES string of the molecule is CCOC(=O)CCN1C(=O)/C(=C/c2cc(Br)c(OCc3ccccc3Cl)c(OC)c2)SC1=S. The second-order valence-corrected chi connectivity index (χ2v) is 9.74. The van der Waals surface area contributed by atoms with Crippen molar-refractivity contribution in [3.05, 3.63) is 61.9 Å². The Morgan fingerprint density at radius 1 is 1.30 bits per heavy atom. The number of carbonyl (C=O) groups is 2. The molecule has 0 radical (unpaired) electrons. The average molecular weight is 571 g/mol. The molecule has 1 amide bonds. The average Bonchev–Trinajstić information content (AvgIpc) is 3.04. The van der Waals surface area contributed by atoms with Crippen molar-refractivity contribution in [2.45, 2.75) is 20.0 Å². The van der Waals surface area contributed by atoms with Crippen molar-refractivity contribution in [1.82, 2.24) is 4.90 Å². The molecule has 1 saturated heterocycles. The number of thiocarbonyl (C=S) groups is 1. The molecule has 2 aromatic carbocycles. The van der Waals surface area contributed by atoms with Gasteiger partial charge < -0.3 is 14.2 Å². The highest BCUT2D eigenvalue weighted by Gasteiger charge is 2.32. The third-order valence-electron chi connectivity index (χ3n) is 4.60. The first kappa shape index (κ1) is 25.6. The highest BCUT2D eigenvalue weighted by atomic mass is 79.9. The molecule has 0 aliphatic carbocycles. The van der Waals surface area contributed by atoms with Gasteiger partial charge in [0.15, 0.2) is 11.5 Å². The zero-order valence-corrected chi connectivity index (χ0v) is 21.9. The number of nitrogens with zero attached hydrogens (tertiary/aromatic N) is 1. The van der Waals surface area contributed by atoms with Crippen molar-refractivity contribution in [3.8, 4) is 11.5 Å². The predicted molar refractivity (Wildman–Crippen MR) is 138 cm³/mol. The topological polar surface area (TPSA) is 65.1 Å². The maximum absolute atomic E-state index is 12.8. The maximum Gasteiger partial charge on any atom is 0.307 e. The molecule has 0 bridgehead atoms. The van der Waals surface area contributed by atoms with Crippen LogP contribution < -0.4 is 9.47 Å². The second kappa shape index (κ2) is 11.9. The lowest BCUT2D eigenvalue weighted by molar-refractivity contribution is -0.143. The van der Waals surface area contributed by atoms with Gasteiger partial charge in [-0.05, 0) is 52.7 Å². The third kappa shape index (κ3) is 6.50. The summed E-state index contributed by atoms with van der Waals surface area (Å²) in [4.78, 5) is 26.3. The summed E-state index contributed by atoms with van der Waals surface area (Å²) in [7, 11) is 1.54. The van der Waals surface area contributed by atoms with Crippen molar-refractivity contribution >= 4 is 73.8 Å². The van der Waals surface area contributed by atoms with Gasteiger partial charge in [-0.25, -0.2) is 0 Å². The first-order chi connectivity index (χ1) is 15.8. The molecular formula is C23H21BrClNO5S2. The molecular weight excluding hydrogens is 550 g/mol. The lowest BCUT2D eigenvalue weighted by atomic mass is 10.1. The van der Waals surface area contributed by atoms with Gasteiger partial charge in [-0.15, -0.1) is 0 Å². The summed E-state index contributed by atoms with van der Waals surface area (Å²) >= 11 is 16.3. The summed E-state index contributed by atoms with van der Waals surface area (Å²) in [6.07, 6.45) is 1.82. The largest absolute Gasteiger partial charge is 0.493 e. The van der Waals surface area contributed by atoms with Crippen LogP contribution in [0.4, 0.5) is 0 Å². The summed E-state index contributed by atoms with van der Waals surface area (Å²) in [5, 5.41) is 0.620. The Hall–Kier alpha value is -2.07. The van der Waals surface area contributed by atoms with Gasteiger partial charge in [-0.2, -0.15) is 0 Å². The fraction of sp³-hybridized carbons (Fsp3) is 0.261. The van der Waals surface area contributed by atoms with Gasteiger partial charge in [0.2, 0.25) is 0 Å². The van der Waals surface area contributed by atoms with E-state index in [2.05, 4.69) is 15.9 Å². The molecule has 1 fully saturated rings. The molecule has 33 heavy (non-hydrogen) atoms. The zero-order valence-electron chi connectivity index (χ0n) is 17.9. The highest BCUT2D eigenvalue weighted by Crippen LogP contribution is 2.39. The number of hydrogen-bond donors (Lipinski definition) is 0. The highest BCUT2D eigenvalue weighted by molar-refractivity contribution is 9.10. The number of carbonyl (C=O) groups excluding carboxylic acids is 2. The molecule has 0 saturated carbocycles. The lowest BCUT2D eigenvalue weighted by Crippen LogP contribution is -2.30. The van der Waals surface area contributed by atoms with Gasteiger partial charge in [0.25, 0.3) is 5.91 Å². The van der Waals surface area contributed by atoms with E-state index in [1.165, 1.54) is 16.7 Å². The van der Waals surface area contributed by atoms with Gasteiger partial charge in [-0.1, -0.05) is 53.8 Å². The zero-order chi connectivity index (χ0) is 24.0. The fourth-order valence-electron chi connectivity index (χ4n) is 3.01. The number of rotatable bonds is 9. The lowest BCUT2D eigenvalue weighted by Gasteiger charge is -2.14. The van der Waals surface area contributed by atoms with Crippen molar-refractivity contribution in [2.75, 3.05) is 20.3 Å². The third-order valence-corrected chi connectivity index (χ3v) is 6.93. The summed E-state index contributed by atoms with van der Waals surface area (Å²) in [6.45, 7) is 2.49. The van der Waals surface area contributed by atoms with Crippen molar-refractivity contribution in [2.24, 2.45) is 0 Å². The predicted octanol–water partition coefficient (Wildman–Crippen LogP) is 5.84. The first-order valence-electron chi connectivity index (χ1n) is 9.98. The minimum atomic E-state index is -0.364. The van der Waals surface area contributed by atoms with Crippen LogP contribution in [0.25, 0.3) is 6.08 Å². The molecule has 0 N–H and O–H groups in total. The first-order valence-corrected chi connectivity index (χ1v) is 12.4. The summed E-state index contributed by atoms with van der Waals surface area (Å²) < 4.78 is 17.5. The van der Waals surface area contributed by atoms with Crippen molar-refractivity contribution < 1.29 is 23.8 Å². The number of halogens is 2. The van der Waals surface area contributed by atoms with E-state index in [0.29, 0.717) is 36.8 Å². The maximum atomic E-state index is 12.8. The van der Waals surface area contributed by atoms with Crippen LogP contribution in [-0.4, -0.2) is 41.4 Å². The van der Waals surface area contributed by atoms with Gasteiger partial charge >= 0.3 is 5.97 Å². The van der Waals surface area contributed by atoms with E-state index in [-0.39, 0.29) is 31.4 Å². The monoisotopic (exact) mass is 569 g/mol. The van der Waals surface area contributed by atoms with Crippen LogP contribution in [0.1, 0.15) is 24.5 Å². The Morgan fingerprint density at radius 3 is 2.76 bits per heavy atom. The molecule has 3 rings (SSSR count). The molecule has 0 unspecified atom stereocenters. The van der Waals surface area contributed by atoms with Crippen LogP contribution in [0, 0.1) is 0 Å². The summed E-state index contributed by atoms with van der Waals surface area (Å²) in [5.74, 6) is 0.414. The number of esters is 1. The van der Waals surface area contributed by atoms with Gasteiger partial charge in [0, 0.05) is 17.1 Å². The molecule has 174 valence electrons. The van der Waals surface area contributed by atoms with E-state index in [4.69, 9.17) is 38.0 Å². The minimum Gasteiger partial charge on any atom is -0.493 e. The Labute approximate surface area is 215 Å². The van der Waals surface area contributed by atoms with Gasteiger partial charge in [0.05, 0.1) is 29.5 Å². The van der Waals surface area contributed by atoms with Crippen LogP contribution >= 0.6 is 51.5 Å². The van der Waals surface area contributed by atoms with Gasteiger partial charge in [-0.3, -0.25) is 14.5 Å². The van der Waals surface area contributed by atoms with Crippen LogP contribution in [0.5, 0.6) is 11.5 Å². The Balaban J connectivity index is 1.76. The number of methoxy groups -OCH3 is 1. The molecule has 6 nitrogen and oxygen atoms in total. The van der Waals surface area contributed by atoms with Crippen LogP contribution in [0.2, 0.25) is 5.02 Å². The van der Waals surface area contributed by atoms with E-state index in [9.17, 15) is 9.59 Å². The molecule has 1 aliphatic rings. The van der Waals surface area contributed by atoms with Crippen molar-refractivity contribution in [1.29, 1.82) is 0 Å². The molecule has 1 aliphatic heterocycles. The molecule has 0 aromatic heterocycles. The van der Waals surface area contributed by atoms with Crippen molar-refractivity contribution in [3.63, 3.8) is 0 Å². The molecule has 0 atom stereocenters. The number of hydrogen-bond acceptors (Lipinski definition) is 7. The number of thioether (sulfide) groups is 1. The van der Waals surface area contributed by atoms with Gasteiger partial charge in [0.1, 0.15) is 10.9 Å². The number of amides is 1. The minimum absolute atomic E-state index is 0.0877. The fourth-order valence-corrected chi connectivity index (χ4v) is 5.08.